The zero-order chi connectivity index (χ0) is 12.5. The number of halogens is 2. The van der Waals surface area contributed by atoms with E-state index in [0.29, 0.717) is 0 Å². The predicted octanol–water partition coefficient (Wildman–Crippen LogP) is -1.34. The van der Waals surface area contributed by atoms with E-state index in [9.17, 15) is 0 Å². The van der Waals surface area contributed by atoms with Gasteiger partial charge in [0.15, 0.2) is 0 Å². The van der Waals surface area contributed by atoms with E-state index in [1.165, 1.54) is 11.1 Å². The molecule has 0 aromatic carbocycles. The van der Waals surface area contributed by atoms with Crippen LogP contribution in [0.5, 0.6) is 0 Å². The Bertz CT molecular complexity index is 377. The molecule has 0 unspecified atom stereocenters. The molecule has 3 rings (SSSR count). The minimum absolute atomic E-state index is 0. The van der Waals surface area contributed by atoms with E-state index in [-0.39, 0.29) is 59.8 Å². The summed E-state index contributed by atoms with van der Waals surface area (Å²) >= 11 is 0. The van der Waals surface area contributed by atoms with Gasteiger partial charge in [0.1, 0.15) is 0 Å². The molecule has 3 aliphatic rings. The molecule has 0 N–H and O–H groups in total. The number of fused-ring (bicyclic) bond motifs is 1. The topological polar surface area (TPSA) is 0 Å². The van der Waals surface area contributed by atoms with Crippen molar-refractivity contribution in [1.82, 2.24) is 0 Å². The number of rotatable bonds is 0. The van der Waals surface area contributed by atoms with Gasteiger partial charge in [0, 0.05) is 8.80 Å². The van der Waals surface area contributed by atoms with Crippen LogP contribution in [-0.2, 0) is 26.2 Å². The molecule has 106 valence electrons. The predicted molar refractivity (Wildman–Crippen MR) is 79.4 cm³/mol. The minimum Gasteiger partial charge on any atom is -1.00 e. The molecule has 0 nitrogen and oxygen atoms in total. The van der Waals surface area contributed by atoms with Gasteiger partial charge < -0.3 is 24.8 Å². The van der Waals surface area contributed by atoms with E-state index in [0.717, 1.165) is 6.42 Å². The Kier molecular flexibility index (Phi) is 19.5. The summed E-state index contributed by atoms with van der Waals surface area (Å²) in [5.41, 5.74) is 2.70. The van der Waals surface area contributed by atoms with Crippen LogP contribution < -0.4 is 24.8 Å². The van der Waals surface area contributed by atoms with Crippen molar-refractivity contribution in [2.45, 2.75) is 26.1 Å². The first kappa shape index (κ1) is 25.1. The molecule has 3 aliphatic carbocycles. The quantitative estimate of drug-likeness (QED) is 0.348. The maximum absolute atomic E-state index is 2.92. The molecule has 0 amide bonds. The SMILES string of the molecule is C1=CC2=CC=CC2=C1.C[Si](C)C.[C-]1=CCC=C1.[Cl-].[Cl-].[Zr+3]. The van der Waals surface area contributed by atoms with E-state index in [1.807, 2.05) is 12.2 Å². The van der Waals surface area contributed by atoms with Crippen molar-refractivity contribution in [2.24, 2.45) is 0 Å². The summed E-state index contributed by atoms with van der Waals surface area (Å²) in [5, 5.41) is 0. The van der Waals surface area contributed by atoms with Crippen molar-refractivity contribution in [3.8, 4) is 0 Å². The van der Waals surface area contributed by atoms with Gasteiger partial charge in [-0.3, -0.25) is 6.08 Å². The van der Waals surface area contributed by atoms with Crippen LogP contribution in [-0.4, -0.2) is 8.80 Å². The fourth-order valence-electron chi connectivity index (χ4n) is 1.35. The Balaban J connectivity index is -0.000000216. The molecule has 2 radical (unpaired) electrons. The summed E-state index contributed by atoms with van der Waals surface area (Å²) in [7, 11) is 0.120. The van der Waals surface area contributed by atoms with Gasteiger partial charge in [-0.15, -0.1) is 6.42 Å². The molecule has 0 aliphatic heterocycles. The van der Waals surface area contributed by atoms with Gasteiger partial charge in [-0.1, -0.05) is 56.1 Å². The van der Waals surface area contributed by atoms with Gasteiger partial charge in [-0.25, -0.2) is 12.2 Å². The molecule has 4 heteroatoms. The molecule has 20 heavy (non-hydrogen) atoms. The summed E-state index contributed by atoms with van der Waals surface area (Å²) in [6, 6.07) is 0. The Hall–Kier alpha value is 0.120. The molecule has 0 aromatic rings. The number of hydrogen-bond acceptors (Lipinski definition) is 0. The van der Waals surface area contributed by atoms with E-state index < -0.39 is 0 Å². The second-order valence-corrected chi connectivity index (χ2v) is 7.47. The van der Waals surface area contributed by atoms with Crippen LogP contribution in [0.15, 0.2) is 65.8 Å². The monoisotopic (exact) mass is 400 g/mol. The first-order valence-electron chi connectivity index (χ1n) is 5.97. The second kappa shape index (κ2) is 15.5. The molecule has 0 atom stereocenters. The Labute approximate surface area is 157 Å². The molecular weight excluding hydrogens is 382 g/mol. The van der Waals surface area contributed by atoms with Gasteiger partial charge >= 0.3 is 26.2 Å². The van der Waals surface area contributed by atoms with E-state index in [4.69, 9.17) is 0 Å². The molecule has 0 heterocycles. The van der Waals surface area contributed by atoms with Crippen LogP contribution in [0.4, 0.5) is 0 Å². The normalized spacial score (nSPS) is 14.6. The van der Waals surface area contributed by atoms with Crippen LogP contribution in [0.25, 0.3) is 0 Å². The van der Waals surface area contributed by atoms with Crippen molar-refractivity contribution in [2.75, 3.05) is 0 Å². The van der Waals surface area contributed by atoms with Crippen LogP contribution in [0.3, 0.4) is 0 Å². The third kappa shape index (κ3) is 11.9. The number of allylic oxidation sites excluding steroid dienone is 12. The first-order valence-corrected chi connectivity index (χ1v) is 8.97. The standard InChI is InChI=1S/C8H6.C5H5.C3H9Si.2ClH.Zr/c1-3-7-5-2-6-8(7)4-1;1-2-4-5-3-1;1-4(2)3;;;/h1-6H;1-2,5H,3H2;1-3H3;2*1H;/q;-1;;;;+3/p-2. The zero-order valence-electron chi connectivity index (χ0n) is 12.2. The summed E-state index contributed by atoms with van der Waals surface area (Å²) in [6.45, 7) is 6.81. The maximum atomic E-state index is 2.92. The molecule has 0 spiro atoms. The van der Waals surface area contributed by atoms with Gasteiger partial charge in [0.05, 0.1) is 0 Å². The summed E-state index contributed by atoms with van der Waals surface area (Å²) in [4.78, 5) is 0. The van der Waals surface area contributed by atoms with Gasteiger partial charge in [0.2, 0.25) is 0 Å². The fraction of sp³-hybridized carbons (Fsp3) is 0.250. The summed E-state index contributed by atoms with van der Waals surface area (Å²) in [5.74, 6) is 0. The average Bonchev–Trinajstić information content (AvgIpc) is 2.97. The molecule has 0 fully saturated rings. The van der Waals surface area contributed by atoms with Crippen molar-refractivity contribution >= 4 is 8.80 Å². The minimum atomic E-state index is 0. The average molecular weight is 403 g/mol. The third-order valence-corrected chi connectivity index (χ3v) is 2.02. The van der Waals surface area contributed by atoms with E-state index >= 15 is 0 Å². The Morgan fingerprint density at radius 1 is 0.950 bits per heavy atom. The van der Waals surface area contributed by atoms with Crippen LogP contribution in [0.1, 0.15) is 6.42 Å². The van der Waals surface area contributed by atoms with E-state index in [1.54, 1.807) is 0 Å². The molecular formula is C16H20Cl2SiZr. The van der Waals surface area contributed by atoms with Crippen molar-refractivity contribution in [3.05, 3.63) is 71.9 Å². The van der Waals surface area contributed by atoms with E-state index in [2.05, 4.69) is 68.2 Å². The van der Waals surface area contributed by atoms with Gasteiger partial charge in [-0.05, 0) is 11.1 Å². The maximum Gasteiger partial charge on any atom is 3.00 e. The zero-order valence-corrected chi connectivity index (χ0v) is 17.1. The molecule has 0 saturated carbocycles. The Morgan fingerprint density at radius 3 is 1.65 bits per heavy atom. The van der Waals surface area contributed by atoms with Crippen molar-refractivity contribution in [3.63, 3.8) is 0 Å². The Morgan fingerprint density at radius 2 is 1.40 bits per heavy atom. The number of hydrogen-bond donors (Lipinski definition) is 0. The first-order chi connectivity index (χ1) is 8.20. The summed E-state index contributed by atoms with van der Waals surface area (Å²) in [6.07, 6.45) is 22.6. The van der Waals surface area contributed by atoms with Gasteiger partial charge in [0.25, 0.3) is 0 Å². The van der Waals surface area contributed by atoms with Crippen LogP contribution in [0, 0.1) is 6.08 Å². The van der Waals surface area contributed by atoms with Crippen molar-refractivity contribution in [1.29, 1.82) is 0 Å². The van der Waals surface area contributed by atoms with Crippen LogP contribution in [0.2, 0.25) is 19.6 Å². The molecule has 0 bridgehead atoms. The molecule has 0 aromatic heterocycles. The second-order valence-electron chi connectivity index (χ2n) is 4.47. The molecule has 0 saturated heterocycles. The summed E-state index contributed by atoms with van der Waals surface area (Å²) < 4.78 is 0. The van der Waals surface area contributed by atoms with Crippen LogP contribution >= 0.6 is 0 Å². The van der Waals surface area contributed by atoms with Crippen molar-refractivity contribution < 1.29 is 51.0 Å². The van der Waals surface area contributed by atoms with Gasteiger partial charge in [-0.2, -0.15) is 6.08 Å². The third-order valence-electron chi connectivity index (χ3n) is 2.02. The largest absolute Gasteiger partial charge is 3.00 e. The smallest absolute Gasteiger partial charge is 1.00 e. The fourth-order valence-corrected chi connectivity index (χ4v) is 1.35.